The van der Waals surface area contributed by atoms with Crippen molar-refractivity contribution < 1.29 is 14.1 Å². The second kappa shape index (κ2) is 6.78. The van der Waals surface area contributed by atoms with Crippen LogP contribution >= 0.6 is 47.8 Å². The molecule has 2 aromatic rings. The van der Waals surface area contributed by atoms with Gasteiger partial charge in [0.1, 0.15) is 0 Å². The highest BCUT2D eigenvalue weighted by atomic mass is 80.0. The van der Waals surface area contributed by atoms with Crippen LogP contribution in [0.25, 0.3) is 0 Å². The number of carbonyl (C=O) groups excluding carboxylic acids is 1. The summed E-state index contributed by atoms with van der Waals surface area (Å²) in [5.41, 5.74) is 0.676. The third kappa shape index (κ3) is 4.96. The van der Waals surface area contributed by atoms with Crippen LogP contribution in [0.5, 0.6) is 5.88 Å². The molecule has 0 unspecified atom stereocenters. The van der Waals surface area contributed by atoms with Crippen molar-refractivity contribution in [3.63, 3.8) is 0 Å². The molecule has 0 bridgehead atoms. The van der Waals surface area contributed by atoms with E-state index in [-0.39, 0.29) is 12.3 Å². The van der Waals surface area contributed by atoms with E-state index in [1.807, 2.05) is 18.2 Å². The van der Waals surface area contributed by atoms with E-state index in [1.54, 1.807) is 35.3 Å². The number of ketones is 1. The van der Waals surface area contributed by atoms with E-state index in [1.165, 1.54) is 0 Å². The van der Waals surface area contributed by atoms with E-state index < -0.39 is 2.33 Å². The Labute approximate surface area is 141 Å². The van der Waals surface area contributed by atoms with Gasteiger partial charge in [-0.25, -0.2) is 4.98 Å². The fourth-order valence-corrected chi connectivity index (χ4v) is 2.06. The number of benzene rings is 1. The van der Waals surface area contributed by atoms with Crippen molar-refractivity contribution in [3.8, 4) is 5.88 Å². The van der Waals surface area contributed by atoms with Crippen molar-refractivity contribution in [2.24, 2.45) is 0 Å². The van der Waals surface area contributed by atoms with Gasteiger partial charge in [-0.2, -0.15) is 4.57 Å². The third-order valence-electron chi connectivity index (χ3n) is 2.38. The van der Waals surface area contributed by atoms with Crippen LogP contribution in [0.1, 0.15) is 10.4 Å². The van der Waals surface area contributed by atoms with Gasteiger partial charge in [0.25, 0.3) is 8.21 Å². The Morgan fingerprint density at radius 1 is 1.25 bits per heavy atom. The molecule has 104 valence electrons. The Morgan fingerprint density at radius 3 is 2.60 bits per heavy atom. The number of hydrogen-bond acceptors (Lipinski definition) is 3. The summed E-state index contributed by atoms with van der Waals surface area (Å²) in [5.74, 6) is 0.398. The average Bonchev–Trinajstić information content (AvgIpc) is 2.38. The predicted molar refractivity (Wildman–Crippen MR) is 85.3 cm³/mol. The molecule has 1 aromatic heterocycles. The summed E-state index contributed by atoms with van der Waals surface area (Å²) < 4.78 is 6.28. The molecule has 7 heteroatoms. The molecule has 0 spiro atoms. The van der Waals surface area contributed by atoms with Gasteiger partial charge in [0.05, 0.1) is 6.20 Å². The monoisotopic (exact) mass is 463 g/mol. The zero-order valence-corrected chi connectivity index (χ0v) is 14.9. The Kier molecular flexibility index (Phi) is 5.29. The second-order valence-corrected chi connectivity index (χ2v) is 10.4. The van der Waals surface area contributed by atoms with E-state index in [0.29, 0.717) is 11.4 Å². The zero-order valence-electron chi connectivity index (χ0n) is 10.2. The molecular formula is C13H10Br3N2O2+. The van der Waals surface area contributed by atoms with Gasteiger partial charge in [0, 0.05) is 5.56 Å². The van der Waals surface area contributed by atoms with Gasteiger partial charge in [0.15, 0.2) is 6.20 Å². The molecular weight excluding hydrogens is 456 g/mol. The number of Topliss-reactive ketones (excluding diaryl/α,β-unsaturated/α-hetero) is 1. The van der Waals surface area contributed by atoms with Gasteiger partial charge in [0.2, 0.25) is 18.5 Å². The van der Waals surface area contributed by atoms with Gasteiger partial charge in [-0.3, -0.25) is 4.79 Å². The van der Waals surface area contributed by atoms with Crippen LogP contribution in [-0.2, 0) is 6.54 Å². The molecule has 0 aliphatic heterocycles. The Morgan fingerprint density at radius 2 is 1.95 bits per heavy atom. The minimum Gasteiger partial charge on any atom is -0.435 e. The fourth-order valence-electron chi connectivity index (χ4n) is 1.56. The van der Waals surface area contributed by atoms with Crippen LogP contribution in [0.2, 0.25) is 0 Å². The molecule has 0 saturated heterocycles. The van der Waals surface area contributed by atoms with Crippen LogP contribution in [0.15, 0.2) is 48.9 Å². The van der Waals surface area contributed by atoms with Gasteiger partial charge < -0.3 is 4.74 Å². The maximum atomic E-state index is 12.1. The number of carbonyl (C=O) groups is 1. The average molecular weight is 466 g/mol. The summed E-state index contributed by atoms with van der Waals surface area (Å²) in [6.07, 6.45) is 4.94. The fraction of sp³-hybridized carbons (Fsp3) is 0.154. The maximum Gasteiger partial charge on any atom is 0.282 e. The number of aromatic nitrogens is 2. The smallest absolute Gasteiger partial charge is 0.282 e. The number of rotatable bonds is 4. The molecule has 0 fully saturated rings. The number of ether oxygens (including phenoxy) is 1. The molecule has 4 nitrogen and oxygen atoms in total. The normalized spacial score (nSPS) is 11.2. The highest BCUT2D eigenvalue weighted by molar-refractivity contribution is 9.39. The maximum absolute atomic E-state index is 12.1. The van der Waals surface area contributed by atoms with Crippen LogP contribution < -0.4 is 9.30 Å². The molecule has 0 atom stereocenters. The lowest BCUT2D eigenvalue weighted by molar-refractivity contribution is -0.684. The van der Waals surface area contributed by atoms with E-state index in [2.05, 4.69) is 52.8 Å². The largest absolute Gasteiger partial charge is 0.435 e. The Balaban J connectivity index is 2.10. The van der Waals surface area contributed by atoms with E-state index >= 15 is 0 Å². The topological polar surface area (TPSA) is 43.1 Å². The first-order valence-electron chi connectivity index (χ1n) is 5.63. The van der Waals surface area contributed by atoms with Crippen LogP contribution in [0.4, 0.5) is 0 Å². The zero-order chi connectivity index (χ0) is 14.6. The third-order valence-corrected chi connectivity index (χ3v) is 2.86. The minimum absolute atomic E-state index is 0.0236. The summed E-state index contributed by atoms with van der Waals surface area (Å²) in [5, 5.41) is 0. The summed E-state index contributed by atoms with van der Waals surface area (Å²) in [4.78, 5) is 16.2. The standard InChI is InChI=1S/C13H10Br3N2O2/c14-13(15,16)20-12-9-18(7-6-17-12)8-11(19)10-4-2-1-3-5-10/h1-7,9H,8H2/q+1. The Hall–Kier alpha value is -0.790. The van der Waals surface area contributed by atoms with Crippen LogP contribution in [0.3, 0.4) is 0 Å². The summed E-state index contributed by atoms with van der Waals surface area (Å²) in [6.45, 7) is 0.225. The number of nitrogens with zero attached hydrogens (tertiary/aromatic N) is 2. The molecule has 2 rings (SSSR count). The van der Waals surface area contributed by atoms with Crippen LogP contribution in [-0.4, -0.2) is 13.1 Å². The molecule has 0 aliphatic rings. The highest BCUT2D eigenvalue weighted by Crippen LogP contribution is 2.34. The molecule has 20 heavy (non-hydrogen) atoms. The molecule has 0 radical (unpaired) electrons. The molecule has 1 aromatic carbocycles. The lowest BCUT2D eigenvalue weighted by Gasteiger charge is -2.12. The van der Waals surface area contributed by atoms with Crippen molar-refractivity contribution in [2.75, 3.05) is 0 Å². The summed E-state index contributed by atoms with van der Waals surface area (Å²) in [6, 6.07) is 9.15. The molecule has 0 aliphatic carbocycles. The van der Waals surface area contributed by atoms with E-state index in [9.17, 15) is 4.79 Å². The molecule has 0 amide bonds. The SMILES string of the molecule is O=C(C[n+]1ccnc(OC(Br)(Br)Br)c1)c1ccccc1. The Bertz CT molecular complexity index is 600. The second-order valence-electron chi connectivity index (χ2n) is 3.90. The minimum atomic E-state index is -0.872. The lowest BCUT2D eigenvalue weighted by atomic mass is 10.1. The first kappa shape index (κ1) is 15.6. The summed E-state index contributed by atoms with van der Waals surface area (Å²) >= 11 is 9.67. The van der Waals surface area contributed by atoms with Gasteiger partial charge in [-0.15, -0.1) is 0 Å². The van der Waals surface area contributed by atoms with Crippen molar-refractivity contribution in [1.29, 1.82) is 0 Å². The van der Waals surface area contributed by atoms with Crippen LogP contribution in [0, 0.1) is 0 Å². The number of halogens is 3. The quantitative estimate of drug-likeness (QED) is 0.395. The van der Waals surface area contributed by atoms with Crippen molar-refractivity contribution in [1.82, 2.24) is 4.98 Å². The first-order valence-corrected chi connectivity index (χ1v) is 8.01. The number of alkyl halides is 3. The predicted octanol–water partition coefficient (Wildman–Crippen LogP) is 3.43. The van der Waals surface area contributed by atoms with E-state index in [4.69, 9.17) is 4.74 Å². The van der Waals surface area contributed by atoms with Gasteiger partial charge >= 0.3 is 0 Å². The molecule has 1 heterocycles. The van der Waals surface area contributed by atoms with Crippen molar-refractivity contribution >= 4 is 53.6 Å². The summed E-state index contributed by atoms with van der Waals surface area (Å²) in [7, 11) is 0. The van der Waals surface area contributed by atoms with E-state index in [0.717, 1.165) is 0 Å². The lowest BCUT2D eigenvalue weighted by Crippen LogP contribution is -2.37. The van der Waals surface area contributed by atoms with Gasteiger partial charge in [-0.1, -0.05) is 30.3 Å². The molecule has 0 saturated carbocycles. The first-order chi connectivity index (χ1) is 9.44. The van der Waals surface area contributed by atoms with Gasteiger partial charge in [-0.05, 0) is 47.8 Å². The number of hydrogen-bond donors (Lipinski definition) is 0. The van der Waals surface area contributed by atoms with Crippen molar-refractivity contribution in [3.05, 3.63) is 54.5 Å². The highest BCUT2D eigenvalue weighted by Gasteiger charge is 2.22. The van der Waals surface area contributed by atoms with Crippen molar-refractivity contribution in [2.45, 2.75) is 8.87 Å². The molecule has 0 N–H and O–H groups in total.